The maximum absolute atomic E-state index is 11.2. The quantitative estimate of drug-likeness (QED) is 0.742. The Balaban J connectivity index is 2.15. The van der Waals surface area contributed by atoms with Crippen LogP contribution in [0.4, 0.5) is 0 Å². The van der Waals surface area contributed by atoms with Crippen molar-refractivity contribution in [3.8, 4) is 17.1 Å². The first-order valence-electron chi connectivity index (χ1n) is 5.49. The molecule has 0 unspecified atom stereocenters. The average Bonchev–Trinajstić information content (AvgIpc) is 2.81. The molecule has 5 nitrogen and oxygen atoms in total. The molecular formula is C13H11N3O2. The van der Waals surface area contributed by atoms with Crippen LogP contribution in [0.3, 0.4) is 0 Å². The summed E-state index contributed by atoms with van der Waals surface area (Å²) >= 11 is 0. The number of hydrogen-bond donors (Lipinski definition) is 1. The van der Waals surface area contributed by atoms with E-state index in [1.54, 1.807) is 13.3 Å². The van der Waals surface area contributed by atoms with Gasteiger partial charge >= 0.3 is 0 Å². The van der Waals surface area contributed by atoms with Gasteiger partial charge in [0, 0.05) is 23.9 Å². The lowest BCUT2D eigenvalue weighted by Gasteiger charge is -2.02. The standard InChI is InChI=1S/C13H11N3O2/c1-18-11-4-2-9(3-5-11)13-15-14-12-8-10(17)6-7-16(12)13/h2-8,14H,1H3. The highest BCUT2D eigenvalue weighted by Crippen LogP contribution is 2.20. The largest absolute Gasteiger partial charge is 0.497 e. The van der Waals surface area contributed by atoms with Crippen LogP contribution < -0.4 is 10.2 Å². The van der Waals surface area contributed by atoms with Crippen LogP contribution in [-0.2, 0) is 0 Å². The topological polar surface area (TPSA) is 59.4 Å². The Kier molecular flexibility index (Phi) is 2.37. The first-order valence-corrected chi connectivity index (χ1v) is 5.49. The van der Waals surface area contributed by atoms with E-state index >= 15 is 0 Å². The number of benzene rings is 1. The van der Waals surface area contributed by atoms with Crippen molar-refractivity contribution in [3.05, 3.63) is 52.8 Å². The van der Waals surface area contributed by atoms with Gasteiger partial charge in [-0.2, -0.15) is 5.10 Å². The van der Waals surface area contributed by atoms with Crippen molar-refractivity contribution in [1.82, 2.24) is 14.6 Å². The first-order chi connectivity index (χ1) is 8.78. The summed E-state index contributed by atoms with van der Waals surface area (Å²) < 4.78 is 6.95. The van der Waals surface area contributed by atoms with E-state index in [9.17, 15) is 4.79 Å². The van der Waals surface area contributed by atoms with Crippen molar-refractivity contribution in [2.24, 2.45) is 0 Å². The molecule has 0 bridgehead atoms. The summed E-state index contributed by atoms with van der Waals surface area (Å²) in [6, 6.07) is 10.6. The summed E-state index contributed by atoms with van der Waals surface area (Å²) in [6.07, 6.45) is 1.71. The third kappa shape index (κ3) is 1.66. The molecule has 2 aromatic heterocycles. The van der Waals surface area contributed by atoms with Gasteiger partial charge in [0.15, 0.2) is 11.3 Å². The monoisotopic (exact) mass is 241 g/mol. The maximum Gasteiger partial charge on any atom is 0.183 e. The van der Waals surface area contributed by atoms with Crippen LogP contribution >= 0.6 is 0 Å². The highest BCUT2D eigenvalue weighted by atomic mass is 16.5. The molecule has 5 heteroatoms. The minimum atomic E-state index is -0.0417. The number of ether oxygens (including phenoxy) is 1. The average molecular weight is 241 g/mol. The Hall–Kier alpha value is -2.56. The number of hydrogen-bond acceptors (Lipinski definition) is 3. The normalized spacial score (nSPS) is 10.7. The lowest BCUT2D eigenvalue weighted by Crippen LogP contribution is -1.99. The second kappa shape index (κ2) is 4.03. The smallest absolute Gasteiger partial charge is 0.183 e. The SMILES string of the molecule is COc1ccc(-c2n[nH]c3cc(=O)ccn23)cc1. The van der Waals surface area contributed by atoms with Crippen molar-refractivity contribution in [2.75, 3.05) is 7.11 Å². The van der Waals surface area contributed by atoms with E-state index in [2.05, 4.69) is 10.2 Å². The summed E-state index contributed by atoms with van der Waals surface area (Å²) in [4.78, 5) is 11.2. The molecule has 1 N–H and O–H groups in total. The minimum Gasteiger partial charge on any atom is -0.497 e. The van der Waals surface area contributed by atoms with Crippen molar-refractivity contribution in [3.63, 3.8) is 0 Å². The van der Waals surface area contributed by atoms with Gasteiger partial charge in [0.25, 0.3) is 0 Å². The molecule has 0 atom stereocenters. The fourth-order valence-electron chi connectivity index (χ4n) is 1.86. The molecule has 3 rings (SSSR count). The van der Waals surface area contributed by atoms with Crippen LogP contribution in [0.1, 0.15) is 0 Å². The molecule has 0 aliphatic carbocycles. The predicted octanol–water partition coefficient (Wildman–Crippen LogP) is 1.70. The molecule has 0 amide bonds. The number of fused-ring (bicyclic) bond motifs is 1. The number of nitrogens with one attached hydrogen (secondary N) is 1. The molecular weight excluding hydrogens is 230 g/mol. The van der Waals surface area contributed by atoms with Gasteiger partial charge in [-0.25, -0.2) is 0 Å². The third-order valence-corrected chi connectivity index (χ3v) is 2.78. The molecule has 3 aromatic rings. The lowest BCUT2D eigenvalue weighted by molar-refractivity contribution is 0.415. The molecule has 0 fully saturated rings. The van der Waals surface area contributed by atoms with Gasteiger partial charge in [-0.15, -0.1) is 0 Å². The van der Waals surface area contributed by atoms with E-state index in [1.165, 1.54) is 12.1 Å². The van der Waals surface area contributed by atoms with E-state index in [1.807, 2.05) is 28.7 Å². The number of methoxy groups -OCH3 is 1. The van der Waals surface area contributed by atoms with E-state index in [0.717, 1.165) is 17.1 Å². The zero-order chi connectivity index (χ0) is 12.5. The second-order valence-electron chi connectivity index (χ2n) is 3.89. The minimum absolute atomic E-state index is 0.0417. The van der Waals surface area contributed by atoms with Crippen LogP contribution in [0.2, 0.25) is 0 Å². The van der Waals surface area contributed by atoms with Crippen LogP contribution in [0.5, 0.6) is 5.75 Å². The first kappa shape index (κ1) is 10.6. The number of aromatic nitrogens is 3. The Morgan fingerprint density at radius 1 is 1.22 bits per heavy atom. The zero-order valence-corrected chi connectivity index (χ0v) is 9.75. The molecule has 0 saturated carbocycles. The lowest BCUT2D eigenvalue weighted by atomic mass is 10.2. The van der Waals surface area contributed by atoms with Gasteiger partial charge in [0.05, 0.1) is 7.11 Å². The molecule has 0 aliphatic rings. The van der Waals surface area contributed by atoms with Gasteiger partial charge in [0.1, 0.15) is 11.4 Å². The second-order valence-corrected chi connectivity index (χ2v) is 3.89. The Bertz CT molecular complexity index is 741. The number of nitrogens with zero attached hydrogens (tertiary/aromatic N) is 2. The number of H-pyrrole nitrogens is 1. The molecule has 1 aromatic carbocycles. The van der Waals surface area contributed by atoms with E-state index in [-0.39, 0.29) is 5.43 Å². The summed E-state index contributed by atoms with van der Waals surface area (Å²) in [5.41, 5.74) is 1.58. The molecule has 0 saturated heterocycles. The molecule has 0 spiro atoms. The van der Waals surface area contributed by atoms with Crippen molar-refractivity contribution in [2.45, 2.75) is 0 Å². The van der Waals surface area contributed by atoms with Crippen LogP contribution in [0.15, 0.2) is 47.4 Å². The highest BCUT2D eigenvalue weighted by Gasteiger charge is 2.06. The maximum atomic E-state index is 11.2. The highest BCUT2D eigenvalue weighted by molar-refractivity contribution is 5.60. The zero-order valence-electron chi connectivity index (χ0n) is 9.75. The van der Waals surface area contributed by atoms with Crippen molar-refractivity contribution in [1.29, 1.82) is 0 Å². The Morgan fingerprint density at radius 2 is 2.00 bits per heavy atom. The third-order valence-electron chi connectivity index (χ3n) is 2.78. The Morgan fingerprint density at radius 3 is 2.72 bits per heavy atom. The van der Waals surface area contributed by atoms with Gasteiger partial charge in [-0.1, -0.05) is 0 Å². The number of pyridine rings is 1. The van der Waals surface area contributed by atoms with Gasteiger partial charge in [-0.3, -0.25) is 14.3 Å². The summed E-state index contributed by atoms with van der Waals surface area (Å²) in [5, 5.41) is 7.06. The number of aromatic amines is 1. The molecule has 0 radical (unpaired) electrons. The number of rotatable bonds is 2. The van der Waals surface area contributed by atoms with Crippen LogP contribution in [0, 0.1) is 0 Å². The van der Waals surface area contributed by atoms with Gasteiger partial charge < -0.3 is 4.74 Å². The van der Waals surface area contributed by atoms with Gasteiger partial charge in [-0.05, 0) is 24.3 Å². The Labute approximate surface area is 103 Å². The molecule has 2 heterocycles. The predicted molar refractivity (Wildman–Crippen MR) is 67.8 cm³/mol. The van der Waals surface area contributed by atoms with E-state index in [0.29, 0.717) is 5.65 Å². The van der Waals surface area contributed by atoms with Crippen molar-refractivity contribution >= 4 is 5.65 Å². The van der Waals surface area contributed by atoms with E-state index in [4.69, 9.17) is 4.74 Å². The van der Waals surface area contributed by atoms with Crippen molar-refractivity contribution < 1.29 is 4.74 Å². The molecule has 0 aliphatic heterocycles. The van der Waals surface area contributed by atoms with Gasteiger partial charge in [0.2, 0.25) is 0 Å². The molecule has 90 valence electrons. The van der Waals surface area contributed by atoms with Crippen LogP contribution in [-0.4, -0.2) is 21.7 Å². The fourth-order valence-corrected chi connectivity index (χ4v) is 1.86. The van der Waals surface area contributed by atoms with E-state index < -0.39 is 0 Å². The summed E-state index contributed by atoms with van der Waals surface area (Å²) in [7, 11) is 1.63. The fraction of sp³-hybridized carbons (Fsp3) is 0.0769. The summed E-state index contributed by atoms with van der Waals surface area (Å²) in [5.74, 6) is 1.55. The van der Waals surface area contributed by atoms with Crippen LogP contribution in [0.25, 0.3) is 17.0 Å². The summed E-state index contributed by atoms with van der Waals surface area (Å²) in [6.45, 7) is 0. The molecule has 18 heavy (non-hydrogen) atoms.